The molecule has 1 heterocycles. The highest BCUT2D eigenvalue weighted by atomic mass is 35.5. The van der Waals surface area contributed by atoms with E-state index in [4.69, 9.17) is 11.6 Å². The highest BCUT2D eigenvalue weighted by Crippen LogP contribution is 2.26. The van der Waals surface area contributed by atoms with Crippen molar-refractivity contribution in [1.82, 2.24) is 9.97 Å². The maximum atomic E-state index is 11.5. The number of methoxy groups -OCH3 is 1. The van der Waals surface area contributed by atoms with E-state index >= 15 is 0 Å². The zero-order chi connectivity index (χ0) is 14.7. The van der Waals surface area contributed by atoms with Crippen LogP contribution in [0.25, 0.3) is 11.3 Å². The molecule has 0 aliphatic carbocycles. The minimum absolute atomic E-state index is 0.0615. The SMILES string of the molecule is COC(=O)c1cc(-c2cc(Cl)ncn2)cc([N+](=O)[O-])c1. The molecule has 0 saturated carbocycles. The van der Waals surface area contributed by atoms with Gasteiger partial charge in [-0.3, -0.25) is 10.1 Å². The van der Waals surface area contributed by atoms with Crippen LogP contribution in [0.3, 0.4) is 0 Å². The van der Waals surface area contributed by atoms with Crippen molar-refractivity contribution in [1.29, 1.82) is 0 Å². The third kappa shape index (κ3) is 2.89. The number of benzene rings is 1. The lowest BCUT2D eigenvalue weighted by Gasteiger charge is -2.04. The van der Waals surface area contributed by atoms with Crippen LogP contribution in [-0.4, -0.2) is 28.0 Å². The fourth-order valence-corrected chi connectivity index (χ4v) is 1.74. The van der Waals surface area contributed by atoms with Crippen LogP contribution in [0.2, 0.25) is 5.15 Å². The van der Waals surface area contributed by atoms with Crippen molar-refractivity contribution < 1.29 is 14.5 Å². The summed E-state index contributed by atoms with van der Waals surface area (Å²) in [7, 11) is 1.20. The van der Waals surface area contributed by atoms with Crippen molar-refractivity contribution in [3.63, 3.8) is 0 Å². The molecular weight excluding hydrogens is 286 g/mol. The van der Waals surface area contributed by atoms with E-state index in [1.54, 1.807) is 0 Å². The number of aromatic nitrogens is 2. The van der Waals surface area contributed by atoms with Crippen molar-refractivity contribution in [2.24, 2.45) is 0 Å². The first-order valence-corrected chi connectivity index (χ1v) is 5.75. The average molecular weight is 294 g/mol. The van der Waals surface area contributed by atoms with E-state index in [2.05, 4.69) is 14.7 Å². The molecular formula is C12H8ClN3O4. The highest BCUT2D eigenvalue weighted by molar-refractivity contribution is 6.29. The Labute approximate surface area is 118 Å². The predicted molar refractivity (Wildman–Crippen MR) is 70.5 cm³/mol. The van der Waals surface area contributed by atoms with E-state index in [0.717, 1.165) is 6.07 Å². The summed E-state index contributed by atoms with van der Waals surface area (Å²) in [6.07, 6.45) is 1.23. The monoisotopic (exact) mass is 293 g/mol. The van der Waals surface area contributed by atoms with E-state index in [1.807, 2.05) is 0 Å². The third-order valence-corrected chi connectivity index (χ3v) is 2.69. The molecule has 0 saturated heterocycles. The number of nitrogens with zero attached hydrogens (tertiary/aromatic N) is 3. The molecule has 1 aromatic carbocycles. The summed E-state index contributed by atoms with van der Waals surface area (Å²) in [5.41, 5.74) is 0.576. The Hall–Kier alpha value is -2.54. The zero-order valence-electron chi connectivity index (χ0n) is 10.2. The topological polar surface area (TPSA) is 95.2 Å². The summed E-state index contributed by atoms with van der Waals surface area (Å²) >= 11 is 5.75. The molecule has 2 rings (SSSR count). The Balaban J connectivity index is 2.60. The van der Waals surface area contributed by atoms with Gasteiger partial charge >= 0.3 is 5.97 Å². The molecule has 0 radical (unpaired) electrons. The number of hydrogen-bond acceptors (Lipinski definition) is 6. The first-order valence-electron chi connectivity index (χ1n) is 5.37. The second-order valence-electron chi connectivity index (χ2n) is 3.74. The van der Waals surface area contributed by atoms with Crippen LogP contribution >= 0.6 is 11.6 Å². The standard InChI is InChI=1S/C12H8ClN3O4/c1-20-12(17)8-2-7(3-9(4-8)16(18)19)10-5-11(13)15-6-14-10/h2-6H,1H3. The molecule has 2 aromatic rings. The number of nitro groups is 1. The van der Waals surface area contributed by atoms with Crippen LogP contribution in [-0.2, 0) is 4.74 Å². The molecule has 7 nitrogen and oxygen atoms in total. The summed E-state index contributed by atoms with van der Waals surface area (Å²) in [6, 6.07) is 5.32. The molecule has 0 fully saturated rings. The molecule has 0 bridgehead atoms. The van der Waals surface area contributed by atoms with Crippen molar-refractivity contribution in [3.8, 4) is 11.3 Å². The number of carbonyl (C=O) groups excluding carboxylic acids is 1. The first kappa shape index (κ1) is 13.9. The van der Waals surface area contributed by atoms with Gasteiger partial charge in [0.1, 0.15) is 11.5 Å². The lowest BCUT2D eigenvalue weighted by Crippen LogP contribution is -2.03. The maximum Gasteiger partial charge on any atom is 0.338 e. The van der Waals surface area contributed by atoms with E-state index in [-0.39, 0.29) is 16.4 Å². The smallest absolute Gasteiger partial charge is 0.338 e. The molecule has 1 aromatic heterocycles. The highest BCUT2D eigenvalue weighted by Gasteiger charge is 2.16. The molecule has 20 heavy (non-hydrogen) atoms. The van der Waals surface area contributed by atoms with Gasteiger partial charge in [0.25, 0.3) is 5.69 Å². The number of esters is 1. The zero-order valence-corrected chi connectivity index (χ0v) is 11.0. The Morgan fingerprint density at radius 2 is 2.05 bits per heavy atom. The molecule has 0 aliphatic rings. The van der Waals surface area contributed by atoms with Crippen LogP contribution in [0.15, 0.2) is 30.6 Å². The van der Waals surface area contributed by atoms with Crippen LogP contribution in [0.4, 0.5) is 5.69 Å². The van der Waals surface area contributed by atoms with Gasteiger partial charge in [0.2, 0.25) is 0 Å². The molecule has 0 atom stereocenters. The summed E-state index contributed by atoms with van der Waals surface area (Å²) in [5, 5.41) is 11.1. The number of halogens is 1. The van der Waals surface area contributed by atoms with Gasteiger partial charge in [-0.1, -0.05) is 11.6 Å². The fourth-order valence-electron chi connectivity index (χ4n) is 1.59. The van der Waals surface area contributed by atoms with Gasteiger partial charge in [-0.05, 0) is 6.07 Å². The van der Waals surface area contributed by atoms with Crippen molar-refractivity contribution in [2.75, 3.05) is 7.11 Å². The van der Waals surface area contributed by atoms with Crippen LogP contribution in [0, 0.1) is 10.1 Å². The van der Waals surface area contributed by atoms with Gasteiger partial charge in [0.05, 0.1) is 23.3 Å². The largest absolute Gasteiger partial charge is 0.465 e. The summed E-state index contributed by atoms with van der Waals surface area (Å²) in [4.78, 5) is 29.5. The van der Waals surface area contributed by atoms with Crippen LogP contribution in [0.1, 0.15) is 10.4 Å². The Morgan fingerprint density at radius 1 is 1.30 bits per heavy atom. The Kier molecular flexibility index (Phi) is 3.90. The Bertz CT molecular complexity index is 690. The number of carbonyl (C=O) groups is 1. The van der Waals surface area contributed by atoms with Gasteiger partial charge in [-0.25, -0.2) is 14.8 Å². The molecule has 0 unspecified atom stereocenters. The lowest BCUT2D eigenvalue weighted by molar-refractivity contribution is -0.384. The minimum atomic E-state index is -0.671. The number of ether oxygens (including phenoxy) is 1. The maximum absolute atomic E-state index is 11.5. The van der Waals surface area contributed by atoms with E-state index in [9.17, 15) is 14.9 Å². The average Bonchev–Trinajstić information content (AvgIpc) is 2.45. The summed E-state index contributed by atoms with van der Waals surface area (Å²) in [6.45, 7) is 0. The second kappa shape index (κ2) is 5.62. The molecule has 0 amide bonds. The van der Waals surface area contributed by atoms with E-state index < -0.39 is 10.9 Å². The lowest BCUT2D eigenvalue weighted by atomic mass is 10.1. The van der Waals surface area contributed by atoms with E-state index in [1.165, 1.54) is 31.6 Å². The van der Waals surface area contributed by atoms with Gasteiger partial charge < -0.3 is 4.74 Å². The number of nitro benzene ring substituents is 1. The van der Waals surface area contributed by atoms with Gasteiger partial charge in [-0.15, -0.1) is 0 Å². The van der Waals surface area contributed by atoms with Gasteiger partial charge in [0, 0.05) is 23.8 Å². The minimum Gasteiger partial charge on any atom is -0.465 e. The number of rotatable bonds is 3. The summed E-state index contributed by atoms with van der Waals surface area (Å²) in [5.74, 6) is -0.671. The molecule has 0 N–H and O–H groups in total. The first-order chi connectivity index (χ1) is 9.51. The molecule has 8 heteroatoms. The van der Waals surface area contributed by atoms with E-state index in [0.29, 0.717) is 11.3 Å². The molecule has 0 aliphatic heterocycles. The number of hydrogen-bond donors (Lipinski definition) is 0. The summed E-state index contributed by atoms with van der Waals surface area (Å²) < 4.78 is 4.57. The van der Waals surface area contributed by atoms with Gasteiger partial charge in [-0.2, -0.15) is 0 Å². The second-order valence-corrected chi connectivity index (χ2v) is 4.13. The van der Waals surface area contributed by atoms with Crippen molar-refractivity contribution in [3.05, 3.63) is 51.4 Å². The number of non-ortho nitro benzene ring substituents is 1. The normalized spacial score (nSPS) is 10.1. The van der Waals surface area contributed by atoms with Crippen LogP contribution in [0.5, 0.6) is 0 Å². The Morgan fingerprint density at radius 3 is 2.65 bits per heavy atom. The molecule has 0 spiro atoms. The predicted octanol–water partition coefficient (Wildman–Crippen LogP) is 2.49. The van der Waals surface area contributed by atoms with Crippen molar-refractivity contribution >= 4 is 23.3 Å². The van der Waals surface area contributed by atoms with Crippen LogP contribution < -0.4 is 0 Å². The molecule has 102 valence electrons. The quantitative estimate of drug-likeness (QED) is 0.373. The third-order valence-electron chi connectivity index (χ3n) is 2.48. The fraction of sp³-hybridized carbons (Fsp3) is 0.0833. The van der Waals surface area contributed by atoms with Gasteiger partial charge in [0.15, 0.2) is 0 Å². The van der Waals surface area contributed by atoms with Crippen molar-refractivity contribution in [2.45, 2.75) is 0 Å².